The summed E-state index contributed by atoms with van der Waals surface area (Å²) in [4.78, 5) is 69.6. The predicted octanol–water partition coefficient (Wildman–Crippen LogP) is 0.809. The monoisotopic (exact) mass is 486 g/mol. The second-order valence-electron chi connectivity index (χ2n) is 6.78. The van der Waals surface area contributed by atoms with Crippen LogP contribution in [0.2, 0.25) is 0 Å². The van der Waals surface area contributed by atoms with E-state index in [1.54, 1.807) is 13.0 Å². The molecule has 12 nitrogen and oxygen atoms in total. The summed E-state index contributed by atoms with van der Waals surface area (Å²) in [6.45, 7) is 5.25. The number of carbonyl (C=O) groups is 6. The van der Waals surface area contributed by atoms with E-state index in [2.05, 4.69) is 4.74 Å². The lowest BCUT2D eigenvalue weighted by Gasteiger charge is -2.24. The molecule has 4 unspecified atom stereocenters. The minimum atomic E-state index is -1.50. The molecule has 0 fully saturated rings. The predicted molar refractivity (Wildman–Crippen MR) is 114 cm³/mol. The van der Waals surface area contributed by atoms with Crippen LogP contribution in [0, 0.1) is 5.92 Å². The van der Waals surface area contributed by atoms with Gasteiger partial charge in [0.05, 0.1) is 13.0 Å². The molecule has 0 aliphatic rings. The Morgan fingerprint density at radius 1 is 0.706 bits per heavy atom. The summed E-state index contributed by atoms with van der Waals surface area (Å²) in [6, 6.07) is 0. The maximum atomic E-state index is 12.3. The highest BCUT2D eigenvalue weighted by Gasteiger charge is 2.34. The van der Waals surface area contributed by atoms with Gasteiger partial charge in [0.2, 0.25) is 6.10 Å². The molecule has 4 atom stereocenters. The highest BCUT2D eigenvalue weighted by atomic mass is 16.6. The average Bonchev–Trinajstić information content (AvgIpc) is 2.73. The van der Waals surface area contributed by atoms with E-state index in [-0.39, 0.29) is 0 Å². The molecule has 34 heavy (non-hydrogen) atoms. The Labute approximate surface area is 197 Å². The fourth-order valence-electron chi connectivity index (χ4n) is 2.49. The van der Waals surface area contributed by atoms with E-state index < -0.39 is 73.3 Å². The van der Waals surface area contributed by atoms with Crippen molar-refractivity contribution in [2.24, 2.45) is 5.92 Å². The molecular formula is C22H30O12. The molecule has 0 aromatic heterocycles. The molecular weight excluding hydrogens is 456 g/mol. The smallest absolute Gasteiger partial charge is 0.347 e. The Hall–Kier alpha value is -3.70. The van der Waals surface area contributed by atoms with E-state index in [1.807, 2.05) is 0 Å². The molecule has 0 bridgehead atoms. The van der Waals surface area contributed by atoms with Crippen molar-refractivity contribution in [2.45, 2.75) is 52.9 Å². The molecule has 0 amide bonds. The maximum Gasteiger partial charge on any atom is 0.347 e. The van der Waals surface area contributed by atoms with Crippen LogP contribution in [-0.4, -0.2) is 74.5 Å². The van der Waals surface area contributed by atoms with E-state index in [0.29, 0.717) is 0 Å². The van der Waals surface area contributed by atoms with Crippen molar-refractivity contribution < 1.29 is 57.2 Å². The largest absolute Gasteiger partial charge is 0.466 e. The lowest BCUT2D eigenvalue weighted by atomic mass is 10.0. The first-order chi connectivity index (χ1) is 15.9. The van der Waals surface area contributed by atoms with Gasteiger partial charge in [0.25, 0.3) is 0 Å². The lowest BCUT2D eigenvalue weighted by molar-refractivity contribution is -0.174. The van der Waals surface area contributed by atoms with Crippen molar-refractivity contribution in [3.05, 3.63) is 24.3 Å². The third-order valence-corrected chi connectivity index (χ3v) is 3.83. The van der Waals surface area contributed by atoms with Gasteiger partial charge in [0, 0.05) is 33.8 Å². The topological polar surface area (TPSA) is 158 Å². The second kappa shape index (κ2) is 16.0. The Morgan fingerprint density at radius 2 is 1.21 bits per heavy atom. The molecule has 0 N–H and O–H groups in total. The van der Waals surface area contributed by atoms with Gasteiger partial charge in [-0.3, -0.25) is 19.2 Å². The molecule has 0 rings (SSSR count). The van der Waals surface area contributed by atoms with Gasteiger partial charge in [0.15, 0.2) is 12.2 Å². The molecule has 0 heterocycles. The summed E-state index contributed by atoms with van der Waals surface area (Å²) in [5.74, 6) is -5.74. The summed E-state index contributed by atoms with van der Waals surface area (Å²) in [7, 11) is 1.07. The molecule has 0 aromatic carbocycles. The van der Waals surface area contributed by atoms with E-state index in [4.69, 9.17) is 23.7 Å². The third kappa shape index (κ3) is 13.0. The van der Waals surface area contributed by atoms with Crippen LogP contribution in [0.25, 0.3) is 0 Å². The maximum absolute atomic E-state index is 12.3. The second-order valence-corrected chi connectivity index (χ2v) is 6.78. The Morgan fingerprint density at radius 3 is 1.65 bits per heavy atom. The number of ether oxygens (including phenoxy) is 6. The zero-order valence-electron chi connectivity index (χ0n) is 19.9. The van der Waals surface area contributed by atoms with Crippen LogP contribution >= 0.6 is 0 Å². The number of carbonyl (C=O) groups excluding carboxylic acids is 6. The molecule has 12 heteroatoms. The zero-order chi connectivity index (χ0) is 26.3. The highest BCUT2D eigenvalue weighted by Crippen LogP contribution is 2.14. The number of hydrogen-bond acceptors (Lipinski definition) is 12. The van der Waals surface area contributed by atoms with Gasteiger partial charge in [-0.25, -0.2) is 9.59 Å². The molecule has 0 aromatic rings. The van der Waals surface area contributed by atoms with Crippen LogP contribution in [0.5, 0.6) is 0 Å². The Kier molecular flexibility index (Phi) is 14.3. The van der Waals surface area contributed by atoms with E-state index in [1.165, 1.54) is 13.0 Å². The van der Waals surface area contributed by atoms with Crippen LogP contribution in [-0.2, 0) is 57.2 Å². The van der Waals surface area contributed by atoms with Crippen LogP contribution in [0.4, 0.5) is 0 Å². The van der Waals surface area contributed by atoms with Crippen molar-refractivity contribution in [3.63, 3.8) is 0 Å². The van der Waals surface area contributed by atoms with Crippen molar-refractivity contribution in [1.29, 1.82) is 0 Å². The van der Waals surface area contributed by atoms with Crippen LogP contribution in [0.3, 0.4) is 0 Å². The molecule has 0 radical (unpaired) electrons. The van der Waals surface area contributed by atoms with E-state index >= 15 is 0 Å². The van der Waals surface area contributed by atoms with Crippen LogP contribution < -0.4 is 0 Å². The lowest BCUT2D eigenvalue weighted by Crippen LogP contribution is -2.40. The van der Waals surface area contributed by atoms with Crippen LogP contribution in [0.15, 0.2) is 24.3 Å². The first kappa shape index (κ1) is 30.3. The zero-order valence-corrected chi connectivity index (χ0v) is 19.9. The van der Waals surface area contributed by atoms with Gasteiger partial charge in [-0.05, 0) is 19.1 Å². The first-order valence-electron chi connectivity index (χ1n) is 10.1. The minimum Gasteiger partial charge on any atom is -0.466 e. The van der Waals surface area contributed by atoms with Crippen LogP contribution in [0.1, 0.15) is 34.6 Å². The minimum absolute atomic E-state index is 0.411. The highest BCUT2D eigenvalue weighted by molar-refractivity contribution is 5.82. The summed E-state index contributed by atoms with van der Waals surface area (Å²) in [6.07, 6.45) is 1.47. The number of rotatable bonds is 13. The fourth-order valence-corrected chi connectivity index (χ4v) is 2.49. The summed E-state index contributed by atoms with van der Waals surface area (Å²) >= 11 is 0. The molecule has 0 saturated carbocycles. The van der Waals surface area contributed by atoms with Crippen molar-refractivity contribution in [1.82, 2.24) is 0 Å². The van der Waals surface area contributed by atoms with Crippen molar-refractivity contribution >= 4 is 35.8 Å². The van der Waals surface area contributed by atoms with E-state index in [0.717, 1.165) is 40.0 Å². The summed E-state index contributed by atoms with van der Waals surface area (Å²) < 4.78 is 29.7. The van der Waals surface area contributed by atoms with Gasteiger partial charge >= 0.3 is 35.8 Å². The van der Waals surface area contributed by atoms with Gasteiger partial charge in [-0.2, -0.15) is 0 Å². The average molecular weight is 486 g/mol. The molecule has 190 valence electrons. The number of hydrogen-bond donors (Lipinski definition) is 0. The van der Waals surface area contributed by atoms with Gasteiger partial charge in [0.1, 0.15) is 13.2 Å². The molecule has 0 aliphatic carbocycles. The first-order valence-corrected chi connectivity index (χ1v) is 10.1. The van der Waals surface area contributed by atoms with Crippen molar-refractivity contribution in [2.75, 3.05) is 20.3 Å². The number of methoxy groups -OCH3 is 1. The summed E-state index contributed by atoms with van der Waals surface area (Å²) in [5.41, 5.74) is 0. The molecule has 0 saturated heterocycles. The Balaban J connectivity index is 5.53. The molecule has 0 spiro atoms. The quantitative estimate of drug-likeness (QED) is 0.156. The SMILES string of the molecule is C/C=C/C(OC(C)=O)C(/C=C/C(=O)OCC(COC(C)=O)C(OC(C)=O)C(=O)OC)OC(C)=O. The number of allylic oxidation sites excluding steroid dienone is 1. The fraction of sp³-hybridized carbons (Fsp3) is 0.545. The third-order valence-electron chi connectivity index (χ3n) is 3.83. The summed E-state index contributed by atoms with van der Waals surface area (Å²) in [5, 5.41) is 0. The Bertz CT molecular complexity index is 798. The van der Waals surface area contributed by atoms with Gasteiger partial charge < -0.3 is 28.4 Å². The molecule has 0 aliphatic heterocycles. The van der Waals surface area contributed by atoms with Crippen molar-refractivity contribution in [3.8, 4) is 0 Å². The number of esters is 6. The standard InChI is InChI=1S/C22H30O12/c1-7-8-18(32-14(3)24)19(33-15(4)25)9-10-20(27)31-12-17(11-30-13(2)23)21(22(28)29-6)34-16(5)26/h7-10,17-19,21H,11-12H2,1-6H3/b8-7+,10-9+. The van der Waals surface area contributed by atoms with E-state index in [9.17, 15) is 28.8 Å². The normalized spacial score (nSPS) is 14.4. The van der Waals surface area contributed by atoms with Gasteiger partial charge in [-0.15, -0.1) is 0 Å². The van der Waals surface area contributed by atoms with Gasteiger partial charge in [-0.1, -0.05) is 6.08 Å².